The highest BCUT2D eigenvalue weighted by Crippen LogP contribution is 2.34. The Hall–Kier alpha value is -2.14. The summed E-state index contributed by atoms with van der Waals surface area (Å²) in [7, 11) is 0. The summed E-state index contributed by atoms with van der Waals surface area (Å²) >= 11 is 0. The molecule has 2 N–H and O–H groups in total. The lowest BCUT2D eigenvalue weighted by atomic mass is 10.00. The molecule has 3 aromatic rings. The number of hydrogen-bond acceptors (Lipinski definition) is 4. The lowest BCUT2D eigenvalue weighted by Crippen LogP contribution is -2.18. The van der Waals surface area contributed by atoms with Crippen molar-refractivity contribution in [3.8, 4) is 0 Å². The van der Waals surface area contributed by atoms with Crippen molar-refractivity contribution < 1.29 is 4.74 Å². The van der Waals surface area contributed by atoms with Gasteiger partial charge in [0, 0.05) is 24.0 Å². The lowest BCUT2D eigenvalue weighted by Gasteiger charge is -2.21. The number of nitrogen functional groups attached to an aromatic ring is 1. The van der Waals surface area contributed by atoms with Crippen LogP contribution in [-0.2, 0) is 4.74 Å². The maximum Gasteiger partial charge on any atom is 0.201 e. The zero-order valence-corrected chi connectivity index (χ0v) is 12.0. The molecule has 1 aromatic carbocycles. The van der Waals surface area contributed by atoms with Crippen molar-refractivity contribution in [2.45, 2.75) is 19.4 Å². The molecule has 1 aliphatic heterocycles. The zero-order chi connectivity index (χ0) is 14.4. The molecule has 1 fully saturated rings. The molecule has 5 nitrogen and oxygen atoms in total. The number of nitrogens with two attached hydrogens (primary N) is 1. The highest BCUT2D eigenvalue weighted by Gasteiger charge is 2.27. The first-order chi connectivity index (χ1) is 10.3. The molecule has 5 heteroatoms. The molecule has 2 atom stereocenters. The molecule has 1 aliphatic rings. The minimum absolute atomic E-state index is 0.267. The SMILES string of the molecule is CC(C1CCOC1)n1c(N)nc2cnc3ccccc3c21. The van der Waals surface area contributed by atoms with Crippen molar-refractivity contribution in [3.05, 3.63) is 30.5 Å². The minimum atomic E-state index is 0.267. The van der Waals surface area contributed by atoms with Gasteiger partial charge in [0.05, 0.1) is 23.8 Å². The van der Waals surface area contributed by atoms with Crippen molar-refractivity contribution in [1.29, 1.82) is 0 Å². The number of hydrogen-bond donors (Lipinski definition) is 1. The Morgan fingerprint density at radius 3 is 3.00 bits per heavy atom. The van der Waals surface area contributed by atoms with E-state index in [1.807, 2.05) is 24.4 Å². The summed E-state index contributed by atoms with van der Waals surface area (Å²) in [6, 6.07) is 8.40. The van der Waals surface area contributed by atoms with E-state index >= 15 is 0 Å². The van der Waals surface area contributed by atoms with E-state index in [0.29, 0.717) is 11.9 Å². The second-order valence-corrected chi connectivity index (χ2v) is 5.71. The second kappa shape index (κ2) is 4.70. The number of fused-ring (bicyclic) bond motifs is 3. The Morgan fingerprint density at radius 2 is 2.19 bits per heavy atom. The number of nitrogens with zero attached hydrogens (tertiary/aromatic N) is 3. The zero-order valence-electron chi connectivity index (χ0n) is 12.0. The van der Waals surface area contributed by atoms with Gasteiger partial charge >= 0.3 is 0 Å². The lowest BCUT2D eigenvalue weighted by molar-refractivity contribution is 0.176. The normalized spacial score (nSPS) is 20.3. The molecule has 4 rings (SSSR count). The first-order valence-corrected chi connectivity index (χ1v) is 7.34. The van der Waals surface area contributed by atoms with Crippen LogP contribution in [0.5, 0.6) is 0 Å². The third-order valence-electron chi connectivity index (χ3n) is 4.50. The molecular formula is C16H18N4O. The van der Waals surface area contributed by atoms with Crippen LogP contribution in [0.3, 0.4) is 0 Å². The van der Waals surface area contributed by atoms with Crippen LogP contribution >= 0.6 is 0 Å². The quantitative estimate of drug-likeness (QED) is 0.785. The monoisotopic (exact) mass is 282 g/mol. The third kappa shape index (κ3) is 1.88. The maximum absolute atomic E-state index is 6.20. The number of ether oxygens (including phenoxy) is 1. The molecule has 0 radical (unpaired) electrons. The Kier molecular flexibility index (Phi) is 2.82. The molecule has 0 amide bonds. The summed E-state index contributed by atoms with van der Waals surface area (Å²) in [5.74, 6) is 1.04. The molecule has 1 saturated heterocycles. The van der Waals surface area contributed by atoms with E-state index in [1.165, 1.54) is 0 Å². The van der Waals surface area contributed by atoms with E-state index in [0.717, 1.165) is 41.6 Å². The summed E-state index contributed by atoms with van der Waals surface area (Å²) in [6.07, 6.45) is 2.88. The van der Waals surface area contributed by atoms with E-state index in [-0.39, 0.29) is 6.04 Å². The smallest absolute Gasteiger partial charge is 0.201 e. The fourth-order valence-corrected chi connectivity index (χ4v) is 3.30. The number of aromatic nitrogens is 3. The van der Waals surface area contributed by atoms with Gasteiger partial charge in [-0.15, -0.1) is 0 Å². The second-order valence-electron chi connectivity index (χ2n) is 5.71. The summed E-state index contributed by atoms with van der Waals surface area (Å²) in [5.41, 5.74) is 9.11. The van der Waals surface area contributed by atoms with Crippen molar-refractivity contribution >= 4 is 27.9 Å². The highest BCUT2D eigenvalue weighted by molar-refractivity contribution is 6.03. The molecule has 2 aromatic heterocycles. The Bertz CT molecular complexity index is 804. The Labute approximate surface area is 122 Å². The first kappa shape index (κ1) is 12.6. The largest absolute Gasteiger partial charge is 0.381 e. The molecule has 0 saturated carbocycles. The van der Waals surface area contributed by atoms with Gasteiger partial charge in [-0.1, -0.05) is 18.2 Å². The molecule has 21 heavy (non-hydrogen) atoms. The molecule has 0 spiro atoms. The molecule has 108 valence electrons. The summed E-state index contributed by atoms with van der Waals surface area (Å²) in [5, 5.41) is 1.10. The van der Waals surface area contributed by atoms with Crippen molar-refractivity contribution in [1.82, 2.24) is 14.5 Å². The topological polar surface area (TPSA) is 66.0 Å². The average Bonchev–Trinajstić information content (AvgIpc) is 3.13. The molecule has 3 heterocycles. The van der Waals surface area contributed by atoms with Gasteiger partial charge in [0.25, 0.3) is 0 Å². The molecule has 0 aliphatic carbocycles. The maximum atomic E-state index is 6.20. The van der Waals surface area contributed by atoms with E-state index in [4.69, 9.17) is 10.5 Å². The van der Waals surface area contributed by atoms with E-state index in [2.05, 4.69) is 27.5 Å². The van der Waals surface area contributed by atoms with Gasteiger partial charge in [-0.3, -0.25) is 4.98 Å². The van der Waals surface area contributed by atoms with Crippen LogP contribution < -0.4 is 5.73 Å². The van der Waals surface area contributed by atoms with Gasteiger partial charge in [-0.05, 0) is 19.4 Å². The highest BCUT2D eigenvalue weighted by atomic mass is 16.5. The fourth-order valence-electron chi connectivity index (χ4n) is 3.30. The van der Waals surface area contributed by atoms with E-state index < -0.39 is 0 Å². The van der Waals surface area contributed by atoms with Gasteiger partial charge in [0.15, 0.2) is 0 Å². The number of rotatable bonds is 2. The number of anilines is 1. The van der Waals surface area contributed by atoms with Crippen molar-refractivity contribution in [2.75, 3.05) is 18.9 Å². The number of imidazole rings is 1. The Morgan fingerprint density at radius 1 is 1.33 bits per heavy atom. The van der Waals surface area contributed by atoms with Gasteiger partial charge in [0.1, 0.15) is 5.52 Å². The van der Waals surface area contributed by atoms with Crippen molar-refractivity contribution in [2.24, 2.45) is 5.92 Å². The number of para-hydroxylation sites is 1. The molecular weight excluding hydrogens is 264 g/mol. The standard InChI is InChI=1S/C16H18N4O/c1-10(11-6-7-21-9-11)20-15-12-4-2-3-5-13(12)18-8-14(15)19-16(20)17/h2-5,8,10-11H,6-7,9H2,1H3,(H2,17,19). The summed E-state index contributed by atoms with van der Waals surface area (Å²) in [6.45, 7) is 3.83. The minimum Gasteiger partial charge on any atom is -0.381 e. The molecule has 2 unspecified atom stereocenters. The van der Waals surface area contributed by atoms with Crippen LogP contribution in [0, 0.1) is 5.92 Å². The predicted octanol–water partition coefficient (Wildman–Crippen LogP) is 2.76. The fraction of sp³-hybridized carbons (Fsp3) is 0.375. The van der Waals surface area contributed by atoms with Crippen LogP contribution in [0.15, 0.2) is 30.5 Å². The third-order valence-corrected chi connectivity index (χ3v) is 4.50. The predicted molar refractivity (Wildman–Crippen MR) is 83.1 cm³/mol. The molecule has 0 bridgehead atoms. The van der Waals surface area contributed by atoms with Crippen LogP contribution in [0.1, 0.15) is 19.4 Å². The van der Waals surface area contributed by atoms with Gasteiger partial charge < -0.3 is 15.0 Å². The Balaban J connectivity index is 1.98. The summed E-state index contributed by atoms with van der Waals surface area (Å²) < 4.78 is 7.68. The van der Waals surface area contributed by atoms with Gasteiger partial charge in [-0.2, -0.15) is 0 Å². The number of benzene rings is 1. The summed E-state index contributed by atoms with van der Waals surface area (Å²) in [4.78, 5) is 8.96. The van der Waals surface area contributed by atoms with Crippen LogP contribution in [0.2, 0.25) is 0 Å². The van der Waals surface area contributed by atoms with E-state index in [1.54, 1.807) is 0 Å². The van der Waals surface area contributed by atoms with Crippen LogP contribution in [-0.4, -0.2) is 27.7 Å². The van der Waals surface area contributed by atoms with Crippen LogP contribution in [0.25, 0.3) is 21.9 Å². The van der Waals surface area contributed by atoms with Crippen LogP contribution in [0.4, 0.5) is 5.95 Å². The van der Waals surface area contributed by atoms with Gasteiger partial charge in [0.2, 0.25) is 5.95 Å². The van der Waals surface area contributed by atoms with Gasteiger partial charge in [-0.25, -0.2) is 4.98 Å². The average molecular weight is 282 g/mol. The number of pyridine rings is 1. The first-order valence-electron chi connectivity index (χ1n) is 7.34. The van der Waals surface area contributed by atoms with E-state index in [9.17, 15) is 0 Å². The van der Waals surface area contributed by atoms with Crippen molar-refractivity contribution in [3.63, 3.8) is 0 Å².